The van der Waals surface area contributed by atoms with Crippen LogP contribution in [-0.4, -0.2) is 0 Å². The third kappa shape index (κ3) is 6.00. The largest absolute Gasteiger partial charge is 0.455 e. The average molecular weight is 740 g/mol. The third-order valence-corrected chi connectivity index (χ3v) is 11.5. The summed E-state index contributed by atoms with van der Waals surface area (Å²) >= 11 is 0. The molecule has 11 rings (SSSR count). The Bertz CT molecular complexity index is 3240. The highest BCUT2D eigenvalue weighted by Gasteiger charge is 2.16. The first kappa shape index (κ1) is 33.6. The first-order chi connectivity index (χ1) is 28.7. The second-order valence-electron chi connectivity index (χ2n) is 14.9. The van der Waals surface area contributed by atoms with E-state index in [1.165, 1.54) is 54.9 Å². The minimum atomic E-state index is 0.906. The maximum absolute atomic E-state index is 6.41. The van der Waals surface area contributed by atoms with E-state index in [-0.39, 0.29) is 0 Å². The van der Waals surface area contributed by atoms with Crippen LogP contribution >= 0.6 is 0 Å². The molecule has 2 nitrogen and oxygen atoms in total. The maximum Gasteiger partial charge on any atom is 0.143 e. The summed E-state index contributed by atoms with van der Waals surface area (Å²) in [5, 5.41) is 7.28. The van der Waals surface area contributed by atoms with Crippen LogP contribution in [0.5, 0.6) is 0 Å². The summed E-state index contributed by atoms with van der Waals surface area (Å²) in [4.78, 5) is 2.34. The van der Waals surface area contributed by atoms with Gasteiger partial charge in [0.05, 0.1) is 0 Å². The van der Waals surface area contributed by atoms with Crippen LogP contribution in [0.2, 0.25) is 0 Å². The Hall–Kier alpha value is -7.68. The molecule has 272 valence electrons. The summed E-state index contributed by atoms with van der Waals surface area (Å²) in [7, 11) is 0. The van der Waals surface area contributed by atoms with E-state index in [0.29, 0.717) is 0 Å². The number of anilines is 3. The molecule has 11 aromatic rings. The van der Waals surface area contributed by atoms with Crippen molar-refractivity contribution >= 4 is 60.5 Å². The average Bonchev–Trinajstić information content (AvgIpc) is 3.69. The van der Waals surface area contributed by atoms with Gasteiger partial charge in [-0.25, -0.2) is 0 Å². The van der Waals surface area contributed by atoms with E-state index in [4.69, 9.17) is 4.42 Å². The van der Waals surface area contributed by atoms with Crippen LogP contribution in [0.3, 0.4) is 0 Å². The second-order valence-corrected chi connectivity index (χ2v) is 14.9. The minimum Gasteiger partial charge on any atom is -0.455 e. The molecule has 58 heavy (non-hydrogen) atoms. The molecule has 0 radical (unpaired) electrons. The van der Waals surface area contributed by atoms with E-state index in [0.717, 1.165) is 50.1 Å². The van der Waals surface area contributed by atoms with Crippen LogP contribution in [0.4, 0.5) is 17.1 Å². The first-order valence-electron chi connectivity index (χ1n) is 19.8. The minimum absolute atomic E-state index is 0.906. The Morgan fingerprint density at radius 2 is 0.724 bits per heavy atom. The third-order valence-electron chi connectivity index (χ3n) is 11.5. The van der Waals surface area contributed by atoms with Crippen LogP contribution in [0.25, 0.3) is 88.0 Å². The lowest BCUT2D eigenvalue weighted by Gasteiger charge is -2.26. The number of nitrogens with zero attached hydrogens (tertiary/aromatic N) is 1. The summed E-state index contributed by atoms with van der Waals surface area (Å²) in [5.74, 6) is 0. The Kier molecular flexibility index (Phi) is 8.19. The van der Waals surface area contributed by atoms with Crippen molar-refractivity contribution in [3.05, 3.63) is 224 Å². The zero-order chi connectivity index (χ0) is 38.4. The molecule has 0 aliphatic carbocycles. The van der Waals surface area contributed by atoms with Crippen LogP contribution < -0.4 is 4.90 Å². The number of rotatable bonds is 7. The van der Waals surface area contributed by atoms with Gasteiger partial charge in [0, 0.05) is 33.4 Å². The first-order valence-corrected chi connectivity index (χ1v) is 19.8. The number of para-hydroxylation sites is 2. The van der Waals surface area contributed by atoms with Gasteiger partial charge in [-0.1, -0.05) is 176 Å². The van der Waals surface area contributed by atoms with E-state index < -0.39 is 0 Å². The summed E-state index contributed by atoms with van der Waals surface area (Å²) in [6.45, 7) is 0. The van der Waals surface area contributed by atoms with E-state index >= 15 is 0 Å². The van der Waals surface area contributed by atoms with Gasteiger partial charge >= 0.3 is 0 Å². The molecular weight excluding hydrogens is 703 g/mol. The van der Waals surface area contributed by atoms with Crippen LogP contribution in [0.15, 0.2) is 229 Å². The second kappa shape index (κ2) is 14.1. The van der Waals surface area contributed by atoms with E-state index in [9.17, 15) is 0 Å². The van der Waals surface area contributed by atoms with Crippen LogP contribution in [0, 0.1) is 0 Å². The van der Waals surface area contributed by atoms with Crippen molar-refractivity contribution in [1.82, 2.24) is 0 Å². The number of furan rings is 1. The zero-order valence-electron chi connectivity index (χ0n) is 31.7. The fourth-order valence-electron chi connectivity index (χ4n) is 8.51. The van der Waals surface area contributed by atoms with Crippen molar-refractivity contribution in [2.24, 2.45) is 0 Å². The van der Waals surface area contributed by atoms with Crippen LogP contribution in [0.1, 0.15) is 0 Å². The zero-order valence-corrected chi connectivity index (χ0v) is 31.7. The van der Waals surface area contributed by atoms with E-state index in [2.05, 4.69) is 217 Å². The molecule has 0 saturated carbocycles. The molecule has 1 aromatic heterocycles. The fourth-order valence-corrected chi connectivity index (χ4v) is 8.51. The maximum atomic E-state index is 6.41. The lowest BCUT2D eigenvalue weighted by Crippen LogP contribution is -2.09. The summed E-state index contributed by atoms with van der Waals surface area (Å²) in [6, 6.07) is 80.6. The SMILES string of the molecule is c1ccc2cc(-c3ccc(-c4ccc(N(c5ccc(-c6cccc7ccccc67)cc5)c5ccc(-c6cccc7c6oc6ccccc67)cc5)cc4)cc3)ccc2c1. The highest BCUT2D eigenvalue weighted by Crippen LogP contribution is 2.41. The summed E-state index contributed by atoms with van der Waals surface area (Å²) < 4.78 is 6.41. The molecular formula is C56H37NO. The van der Waals surface area contributed by atoms with E-state index in [1.54, 1.807) is 0 Å². The van der Waals surface area contributed by atoms with Crippen molar-refractivity contribution in [1.29, 1.82) is 0 Å². The molecule has 0 atom stereocenters. The lowest BCUT2D eigenvalue weighted by molar-refractivity contribution is 0.670. The molecule has 1 heterocycles. The fraction of sp³-hybridized carbons (Fsp3) is 0. The number of benzene rings is 10. The van der Waals surface area contributed by atoms with Gasteiger partial charge in [-0.2, -0.15) is 0 Å². The molecule has 0 N–H and O–H groups in total. The molecule has 0 bridgehead atoms. The number of fused-ring (bicyclic) bond motifs is 5. The summed E-state index contributed by atoms with van der Waals surface area (Å²) in [6.07, 6.45) is 0. The monoisotopic (exact) mass is 739 g/mol. The van der Waals surface area contributed by atoms with Gasteiger partial charge in [-0.3, -0.25) is 0 Å². The van der Waals surface area contributed by atoms with Gasteiger partial charge in [0.15, 0.2) is 0 Å². The topological polar surface area (TPSA) is 16.4 Å². The molecule has 0 fully saturated rings. The number of hydrogen-bond acceptors (Lipinski definition) is 2. The molecule has 0 spiro atoms. The normalized spacial score (nSPS) is 11.4. The quantitative estimate of drug-likeness (QED) is 0.162. The Morgan fingerprint density at radius 3 is 1.41 bits per heavy atom. The van der Waals surface area contributed by atoms with Crippen molar-refractivity contribution in [2.45, 2.75) is 0 Å². The lowest BCUT2D eigenvalue weighted by atomic mass is 9.97. The standard InChI is InChI=1S/C56H37NO/c1-2-11-45-37-46(24-23-38(45)9-1)41-21-19-39(20-22-41)40-25-31-47(32-26-40)57(48-33-27-43(28-34-48)51-15-7-12-42-10-3-4-13-50(42)51)49-35-29-44(30-36-49)52-16-8-17-54-53-14-5-6-18-55(53)58-56(52)54/h1-37H. The molecule has 0 amide bonds. The van der Waals surface area contributed by atoms with Crippen molar-refractivity contribution in [3.8, 4) is 44.5 Å². The molecule has 0 aliphatic heterocycles. The predicted octanol–water partition coefficient (Wildman–Crippen LogP) is 16.0. The van der Waals surface area contributed by atoms with Gasteiger partial charge in [0.2, 0.25) is 0 Å². The van der Waals surface area contributed by atoms with Crippen LogP contribution in [-0.2, 0) is 0 Å². The Balaban J connectivity index is 0.948. The highest BCUT2D eigenvalue weighted by molar-refractivity contribution is 6.09. The Labute approximate surface area is 337 Å². The van der Waals surface area contributed by atoms with E-state index in [1.807, 2.05) is 12.1 Å². The smallest absolute Gasteiger partial charge is 0.143 e. The molecule has 0 aliphatic rings. The predicted molar refractivity (Wildman–Crippen MR) is 245 cm³/mol. The molecule has 0 unspecified atom stereocenters. The Morgan fingerprint density at radius 1 is 0.276 bits per heavy atom. The van der Waals surface area contributed by atoms with Crippen molar-refractivity contribution in [3.63, 3.8) is 0 Å². The van der Waals surface area contributed by atoms with Gasteiger partial charge in [-0.05, 0) is 109 Å². The number of hydrogen-bond donors (Lipinski definition) is 0. The summed E-state index contributed by atoms with van der Waals surface area (Å²) in [5.41, 5.74) is 14.5. The van der Waals surface area contributed by atoms with Crippen molar-refractivity contribution < 1.29 is 4.42 Å². The highest BCUT2D eigenvalue weighted by atomic mass is 16.3. The van der Waals surface area contributed by atoms with Gasteiger partial charge in [-0.15, -0.1) is 0 Å². The molecule has 2 heteroatoms. The van der Waals surface area contributed by atoms with Gasteiger partial charge in [0.1, 0.15) is 11.2 Å². The van der Waals surface area contributed by atoms with Gasteiger partial charge < -0.3 is 9.32 Å². The molecule has 10 aromatic carbocycles. The van der Waals surface area contributed by atoms with Gasteiger partial charge in [0.25, 0.3) is 0 Å². The molecule has 0 saturated heterocycles. The van der Waals surface area contributed by atoms with Crippen molar-refractivity contribution in [2.75, 3.05) is 4.90 Å².